The van der Waals surface area contributed by atoms with E-state index in [9.17, 15) is 23.3 Å². The minimum atomic E-state index is -1.69. The van der Waals surface area contributed by atoms with Gasteiger partial charge >= 0.3 is 0 Å². The molecule has 13 rings (SSSR count). The minimum Gasteiger partial charge on any atom is -0.455 e. The van der Waals surface area contributed by atoms with Gasteiger partial charge in [0.05, 0.1) is 41.1 Å². The van der Waals surface area contributed by atoms with Crippen LogP contribution in [0.15, 0.2) is 179 Å². The van der Waals surface area contributed by atoms with E-state index in [2.05, 4.69) is 0 Å². The molecule has 3 aliphatic rings. The Balaban J connectivity index is 1.31. The van der Waals surface area contributed by atoms with Gasteiger partial charge in [-0.15, -0.1) is 0 Å². The van der Waals surface area contributed by atoms with Gasteiger partial charge in [-0.1, -0.05) is 151 Å². The quantitative estimate of drug-likeness (QED) is 0.165. The highest BCUT2D eigenvalue weighted by molar-refractivity contribution is 6.26. The average molecular weight is 727 g/mol. The zero-order chi connectivity index (χ0) is 61.9. The van der Waals surface area contributed by atoms with Crippen molar-refractivity contribution in [2.45, 2.75) is 5.92 Å². The van der Waals surface area contributed by atoms with Gasteiger partial charge < -0.3 is 4.42 Å². The molecule has 55 heavy (non-hydrogen) atoms. The highest BCUT2D eigenvalue weighted by Gasteiger charge is 2.34. The molecule has 0 amide bonds. The molecule has 1 nitrogen and oxygen atoms in total. The van der Waals surface area contributed by atoms with Crippen LogP contribution in [-0.4, -0.2) is 0 Å². The molecule has 10 aromatic rings. The minimum absolute atomic E-state index is 0.248. The Hall–Kier alpha value is -6.96. The normalized spacial score (nSPS) is 25.9. The largest absolute Gasteiger partial charge is 0.455 e. The molecule has 1 heteroatoms. The van der Waals surface area contributed by atoms with E-state index in [1.807, 2.05) is 0 Å². The van der Waals surface area contributed by atoms with Gasteiger partial charge in [0.15, 0.2) is 0 Å². The first-order valence-electron chi connectivity index (χ1n) is 31.9. The number of hydrogen-bond acceptors (Lipinski definition) is 1. The van der Waals surface area contributed by atoms with Crippen molar-refractivity contribution in [1.82, 2.24) is 0 Å². The summed E-state index contributed by atoms with van der Waals surface area (Å²) in [7, 11) is 0. The lowest BCUT2D eigenvalue weighted by molar-refractivity contribution is 0.667. The van der Waals surface area contributed by atoms with Gasteiger partial charge in [0.1, 0.15) is 11.2 Å². The van der Waals surface area contributed by atoms with Gasteiger partial charge in [-0.05, 0) is 124 Å². The third kappa shape index (κ3) is 4.07. The Morgan fingerprint density at radius 3 is 2.04 bits per heavy atom. The molecule has 1 heterocycles. The molecule has 0 aliphatic heterocycles. The molecule has 0 N–H and O–H groups in total. The second-order valence-corrected chi connectivity index (χ2v) is 13.1. The van der Waals surface area contributed by atoms with E-state index in [1.54, 1.807) is 0 Å². The van der Waals surface area contributed by atoms with Crippen LogP contribution in [-0.2, 0) is 0 Å². The Morgan fingerprint density at radius 2 is 1.13 bits per heavy atom. The Labute approximate surface area is 359 Å². The first kappa shape index (κ1) is 13.1. The lowest BCUT2D eigenvalue weighted by Crippen LogP contribution is -2.21. The third-order valence-electron chi connectivity index (χ3n) is 10.2. The van der Waals surface area contributed by atoms with Crippen molar-refractivity contribution in [3.8, 4) is 22.3 Å². The number of benzene rings is 9. The standard InChI is InChI=1S/C54H32O/c1-2-11-44-31(6-1)18-27-47-53-43(12-5-13-48(53)55-54(44)47)40-29-38(41-23-19-36-16-14-32-7-3-9-34-21-25-45(41)51(36)49(32)34)28-39(30-40)42-24-20-37-17-15-33-8-4-10-35-22-26-46(42)52(37)50(33)35/h1-30,36,51H/i1D,2D,3D,4D,5D,6D,7D,8D,9D,10D,11D,12D,13D,14D,15D,16D,17D,18D,19D,20D,21D,22D,23D,24D,25D,26D,27D,28D,29D,30D. The zero-order valence-electron chi connectivity index (χ0n) is 57.6. The Kier molecular flexibility index (Phi) is 2.58. The smallest absolute Gasteiger partial charge is 0.143 e. The maximum absolute atomic E-state index is 10.4. The summed E-state index contributed by atoms with van der Waals surface area (Å²) in [6.45, 7) is 0. The van der Waals surface area contributed by atoms with Crippen LogP contribution in [0, 0.1) is 5.92 Å². The number of hydrogen-bond donors (Lipinski definition) is 0. The van der Waals surface area contributed by atoms with Crippen molar-refractivity contribution in [2.24, 2.45) is 5.92 Å². The predicted molar refractivity (Wildman–Crippen MR) is 233 cm³/mol. The Bertz CT molecular complexity index is 5150. The van der Waals surface area contributed by atoms with Gasteiger partial charge in [-0.25, -0.2) is 0 Å². The van der Waals surface area contributed by atoms with E-state index < -0.39 is 303 Å². The molecule has 0 bridgehead atoms. The lowest BCUT2D eigenvalue weighted by atomic mass is 9.67. The first-order chi connectivity index (χ1) is 39.8. The van der Waals surface area contributed by atoms with Gasteiger partial charge in [0.2, 0.25) is 0 Å². The lowest BCUT2D eigenvalue weighted by Gasteiger charge is -2.37. The fraction of sp³-hybridized carbons (Fsp3) is 0.0370. The van der Waals surface area contributed by atoms with Crippen molar-refractivity contribution in [3.63, 3.8) is 0 Å². The highest BCUT2D eigenvalue weighted by atomic mass is 16.3. The number of allylic oxidation sites excluding steroid dienone is 6. The van der Waals surface area contributed by atoms with Crippen LogP contribution >= 0.6 is 0 Å². The van der Waals surface area contributed by atoms with E-state index >= 15 is 0 Å². The summed E-state index contributed by atoms with van der Waals surface area (Å²) in [6.07, 6.45) is 0. The predicted octanol–water partition coefficient (Wildman–Crippen LogP) is 14.7. The van der Waals surface area contributed by atoms with Crippen molar-refractivity contribution < 1.29 is 45.5 Å². The molecule has 9 aromatic carbocycles. The van der Waals surface area contributed by atoms with Crippen LogP contribution < -0.4 is 0 Å². The van der Waals surface area contributed by atoms with E-state index in [0.29, 0.717) is 0 Å². The number of fused-ring (bicyclic) bond motifs is 5. The van der Waals surface area contributed by atoms with Crippen LogP contribution in [0.1, 0.15) is 69.3 Å². The summed E-state index contributed by atoms with van der Waals surface area (Å²) in [5.41, 5.74) is -8.07. The molecule has 0 spiro atoms. The monoisotopic (exact) mass is 726 g/mol. The molecule has 0 radical (unpaired) electrons. The van der Waals surface area contributed by atoms with Crippen molar-refractivity contribution in [1.29, 1.82) is 0 Å². The van der Waals surface area contributed by atoms with Gasteiger partial charge in [-0.2, -0.15) is 0 Å². The molecule has 0 fully saturated rings. The third-order valence-corrected chi connectivity index (χ3v) is 10.2. The van der Waals surface area contributed by atoms with Crippen LogP contribution in [0.2, 0.25) is 0 Å². The van der Waals surface area contributed by atoms with Crippen LogP contribution in [0.5, 0.6) is 0 Å². The first-order valence-corrected chi connectivity index (χ1v) is 16.9. The highest BCUT2D eigenvalue weighted by Crippen LogP contribution is 2.51. The molecule has 2 unspecified atom stereocenters. The van der Waals surface area contributed by atoms with E-state index in [-0.39, 0.29) is 10.9 Å². The summed E-state index contributed by atoms with van der Waals surface area (Å²) in [4.78, 5) is 0. The SMILES string of the molecule is [2H]C1=C([2H])c2c([2H])c([2H])c([2H])c3c2C2C1=C(c1c([2H])c(-c4c([2H])c([2H])c5c([2H])c([2H])c6c([2H])c([2H])c([2H])c7c([2H])c([2H])c4c5c67)c([2H])c(-c4c([2H])c([2H])c([2H])c5oc6c7c([2H])c([2H])c([2H])c([2H])c7c([2H])c([2H])c6c45)c1[2H])C([2H])=C([2H])C2C([2H])=C3[2H]. The second-order valence-electron chi connectivity index (χ2n) is 13.1. The molecule has 1 aromatic heterocycles. The molecular formula is C54H32O. The number of rotatable bonds is 3. The summed E-state index contributed by atoms with van der Waals surface area (Å²) in [6, 6.07) is -25.9. The fourth-order valence-corrected chi connectivity index (χ4v) is 7.84. The Morgan fingerprint density at radius 1 is 0.455 bits per heavy atom. The zero-order valence-corrected chi connectivity index (χ0v) is 27.6. The van der Waals surface area contributed by atoms with Crippen molar-refractivity contribution >= 4 is 82.7 Å². The molecule has 3 aliphatic carbocycles. The van der Waals surface area contributed by atoms with Crippen molar-refractivity contribution in [2.75, 3.05) is 0 Å². The van der Waals surface area contributed by atoms with E-state index in [4.69, 9.17) is 22.2 Å². The summed E-state index contributed by atoms with van der Waals surface area (Å²) in [5.74, 6) is -3.36. The molecule has 0 saturated heterocycles. The summed E-state index contributed by atoms with van der Waals surface area (Å²) < 4.78 is 285. The molecule has 254 valence electrons. The molecular weight excluding hydrogens is 665 g/mol. The topological polar surface area (TPSA) is 13.1 Å². The number of furan rings is 1. The molecule has 0 saturated carbocycles. The van der Waals surface area contributed by atoms with Crippen molar-refractivity contribution in [3.05, 3.63) is 197 Å². The fourth-order valence-electron chi connectivity index (χ4n) is 7.84. The summed E-state index contributed by atoms with van der Waals surface area (Å²) >= 11 is 0. The van der Waals surface area contributed by atoms with Crippen LogP contribution in [0.4, 0.5) is 0 Å². The van der Waals surface area contributed by atoms with Crippen LogP contribution in [0.3, 0.4) is 0 Å². The maximum Gasteiger partial charge on any atom is 0.143 e. The van der Waals surface area contributed by atoms with Gasteiger partial charge in [-0.3, -0.25) is 0 Å². The van der Waals surface area contributed by atoms with E-state index in [0.717, 1.165) is 0 Å². The van der Waals surface area contributed by atoms with Gasteiger partial charge in [0.25, 0.3) is 0 Å². The maximum atomic E-state index is 10.4. The van der Waals surface area contributed by atoms with Crippen LogP contribution in [0.25, 0.3) is 105 Å². The van der Waals surface area contributed by atoms with E-state index in [1.165, 1.54) is 0 Å². The van der Waals surface area contributed by atoms with Gasteiger partial charge in [0, 0.05) is 28.0 Å². The second kappa shape index (κ2) is 10.8. The summed E-state index contributed by atoms with van der Waals surface area (Å²) in [5, 5.41) is -5.10. The molecule has 2 atom stereocenters. The average Bonchev–Trinajstić information content (AvgIpc) is 1.07.